The molecule has 0 saturated heterocycles. The van der Waals surface area contributed by atoms with Crippen molar-refractivity contribution in [1.82, 2.24) is 5.32 Å². The van der Waals surface area contributed by atoms with Gasteiger partial charge in [-0.2, -0.15) is 13.2 Å². The van der Waals surface area contributed by atoms with Gasteiger partial charge in [0.2, 0.25) is 0 Å². The molecule has 0 atom stereocenters. The highest BCUT2D eigenvalue weighted by Crippen LogP contribution is 2.37. The molecule has 0 aromatic heterocycles. The first kappa shape index (κ1) is 22.5. The molecule has 0 aliphatic carbocycles. The summed E-state index contributed by atoms with van der Waals surface area (Å²) in [5, 5.41) is 2.92. The molecule has 0 unspecified atom stereocenters. The number of hydrogen-bond acceptors (Lipinski definition) is 2. The number of ether oxygens (including phenoxy) is 1. The summed E-state index contributed by atoms with van der Waals surface area (Å²) in [5.41, 5.74) is 1.96. The van der Waals surface area contributed by atoms with Gasteiger partial charge in [-0.3, -0.25) is 0 Å². The number of halogens is 5. The van der Waals surface area contributed by atoms with E-state index in [1.54, 1.807) is 0 Å². The summed E-state index contributed by atoms with van der Waals surface area (Å²) in [4.78, 5) is 0. The quantitative estimate of drug-likeness (QED) is 0.566. The van der Waals surface area contributed by atoms with Crippen LogP contribution in [0.25, 0.3) is 11.3 Å². The Hall–Kier alpha value is -2.83. The van der Waals surface area contributed by atoms with Gasteiger partial charge in [0.25, 0.3) is 0 Å². The van der Waals surface area contributed by atoms with Gasteiger partial charge >= 0.3 is 6.18 Å². The molecule has 0 fully saturated rings. The second-order valence-electron chi connectivity index (χ2n) is 6.11. The van der Waals surface area contributed by atoms with Crippen molar-refractivity contribution in [3.8, 4) is 5.75 Å². The Morgan fingerprint density at radius 1 is 1.00 bits per heavy atom. The summed E-state index contributed by atoms with van der Waals surface area (Å²) in [5.74, 6) is -2.56. The lowest BCUT2D eigenvalue weighted by atomic mass is 9.91. The zero-order valence-electron chi connectivity index (χ0n) is 16.2. The zero-order valence-corrected chi connectivity index (χ0v) is 16.2. The van der Waals surface area contributed by atoms with Crippen LogP contribution in [0.1, 0.15) is 37.8 Å². The van der Waals surface area contributed by atoms with Crippen LogP contribution >= 0.6 is 0 Å². The van der Waals surface area contributed by atoms with Gasteiger partial charge in [0.1, 0.15) is 17.4 Å². The summed E-state index contributed by atoms with van der Waals surface area (Å²) in [6.45, 7) is 6.18. The summed E-state index contributed by atoms with van der Waals surface area (Å²) in [7, 11) is 0. The minimum absolute atomic E-state index is 0.217. The first-order chi connectivity index (χ1) is 13.7. The fraction of sp³-hybridized carbons (Fsp3) is 0.273. The van der Waals surface area contributed by atoms with E-state index in [1.807, 2.05) is 44.2 Å². The Morgan fingerprint density at radius 3 is 2.14 bits per heavy atom. The Balaban J connectivity index is 0.00000145. The average molecular weight is 411 g/mol. The number of rotatable bonds is 4. The maximum Gasteiger partial charge on any atom is 0.422 e. The predicted molar refractivity (Wildman–Crippen MR) is 104 cm³/mol. The number of hydrogen-bond donors (Lipinski definition) is 1. The fourth-order valence-corrected chi connectivity index (χ4v) is 2.89. The highest BCUT2D eigenvalue weighted by molar-refractivity contribution is 5.92. The molecule has 0 radical (unpaired) electrons. The first-order valence-corrected chi connectivity index (χ1v) is 9.17. The van der Waals surface area contributed by atoms with E-state index in [9.17, 15) is 22.0 Å². The van der Waals surface area contributed by atoms with Gasteiger partial charge in [0, 0.05) is 17.8 Å². The lowest BCUT2D eigenvalue weighted by Gasteiger charge is -2.25. The van der Waals surface area contributed by atoms with E-state index in [0.717, 1.165) is 17.7 Å². The molecule has 7 heteroatoms. The van der Waals surface area contributed by atoms with E-state index >= 15 is 0 Å². The predicted octanol–water partition coefficient (Wildman–Crippen LogP) is 6.70. The van der Waals surface area contributed by atoms with E-state index in [0.29, 0.717) is 24.1 Å². The molecule has 156 valence electrons. The van der Waals surface area contributed by atoms with Crippen molar-refractivity contribution in [3.05, 3.63) is 77.5 Å². The van der Waals surface area contributed by atoms with E-state index in [1.165, 1.54) is 0 Å². The summed E-state index contributed by atoms with van der Waals surface area (Å²) in [6, 6.07) is 10.6. The van der Waals surface area contributed by atoms with Crippen LogP contribution < -0.4 is 10.1 Å². The Kier molecular flexibility index (Phi) is 7.42. The van der Waals surface area contributed by atoms with Crippen molar-refractivity contribution in [3.63, 3.8) is 0 Å². The molecule has 1 heterocycles. The first-order valence-electron chi connectivity index (χ1n) is 9.17. The number of alkyl halides is 3. The summed E-state index contributed by atoms with van der Waals surface area (Å²) in [6.07, 6.45) is -3.47. The smallest absolute Gasteiger partial charge is 0.422 e. The van der Waals surface area contributed by atoms with Crippen LogP contribution in [-0.4, -0.2) is 12.8 Å². The largest absolute Gasteiger partial charge is 0.484 e. The Bertz CT molecular complexity index is 865. The minimum Gasteiger partial charge on any atom is -0.484 e. The van der Waals surface area contributed by atoms with Gasteiger partial charge in [-0.1, -0.05) is 50.8 Å². The van der Waals surface area contributed by atoms with Crippen molar-refractivity contribution in [2.45, 2.75) is 32.9 Å². The van der Waals surface area contributed by atoms with E-state index < -0.39 is 30.2 Å². The minimum atomic E-state index is -4.60. The normalized spacial score (nSPS) is 14.1. The fourth-order valence-electron chi connectivity index (χ4n) is 2.89. The van der Waals surface area contributed by atoms with Crippen molar-refractivity contribution in [2.24, 2.45) is 0 Å². The van der Waals surface area contributed by atoms with Crippen LogP contribution in [0.15, 0.2) is 54.7 Å². The van der Waals surface area contributed by atoms with Gasteiger partial charge < -0.3 is 10.1 Å². The van der Waals surface area contributed by atoms with Gasteiger partial charge in [-0.25, -0.2) is 8.78 Å². The van der Waals surface area contributed by atoms with Crippen molar-refractivity contribution in [2.75, 3.05) is 6.61 Å². The van der Waals surface area contributed by atoms with Crippen LogP contribution in [-0.2, 0) is 0 Å². The maximum atomic E-state index is 14.6. The third-order valence-corrected chi connectivity index (χ3v) is 4.07. The molecule has 1 N–H and O–H groups in total. The van der Waals surface area contributed by atoms with Crippen LogP contribution in [0.2, 0.25) is 0 Å². The van der Waals surface area contributed by atoms with Gasteiger partial charge in [-0.05, 0) is 24.0 Å². The average Bonchev–Trinajstić information content (AvgIpc) is 2.68. The van der Waals surface area contributed by atoms with Crippen LogP contribution in [0, 0.1) is 11.6 Å². The van der Waals surface area contributed by atoms with Crippen molar-refractivity contribution >= 4 is 11.3 Å². The molecule has 0 amide bonds. The molecule has 0 bridgehead atoms. The monoisotopic (exact) mass is 411 g/mol. The third kappa shape index (κ3) is 5.82. The Morgan fingerprint density at radius 2 is 1.59 bits per heavy atom. The number of allylic oxidation sites excluding steroid dienone is 2. The molecular weight excluding hydrogens is 389 g/mol. The molecule has 0 saturated carbocycles. The topological polar surface area (TPSA) is 21.3 Å². The van der Waals surface area contributed by atoms with Crippen LogP contribution in [0.4, 0.5) is 22.0 Å². The highest BCUT2D eigenvalue weighted by Gasteiger charge is 2.29. The molecule has 1 aliphatic heterocycles. The standard InChI is InChI=1S/C20H16F5NO.C2H6/c1-12-7-8-15(13-5-3-2-4-6-13)19(26-12)18-16(21)9-14(10-17(18)22)27-11-20(23,24)25;1-2/h2-6,9-10,26H,1,7-8,11H2;1-2H3. The van der Waals surface area contributed by atoms with Crippen LogP contribution in [0.5, 0.6) is 5.75 Å². The summed E-state index contributed by atoms with van der Waals surface area (Å²) < 4.78 is 70.5. The zero-order chi connectivity index (χ0) is 21.6. The molecular formula is C22H22F5NO. The molecule has 2 aromatic carbocycles. The maximum absolute atomic E-state index is 14.6. The second kappa shape index (κ2) is 9.58. The van der Waals surface area contributed by atoms with Crippen LogP contribution in [0.3, 0.4) is 0 Å². The number of nitrogens with one attached hydrogen (secondary N) is 1. The third-order valence-electron chi connectivity index (χ3n) is 4.07. The number of benzene rings is 2. The van der Waals surface area contributed by atoms with Gasteiger partial charge in [-0.15, -0.1) is 0 Å². The van der Waals surface area contributed by atoms with Crippen molar-refractivity contribution < 1.29 is 26.7 Å². The highest BCUT2D eigenvalue weighted by atomic mass is 19.4. The molecule has 1 aliphatic rings. The SMILES string of the molecule is C=C1CCC(c2ccccc2)=C(c2c(F)cc(OCC(F)(F)F)cc2F)N1.CC. The summed E-state index contributed by atoms with van der Waals surface area (Å²) >= 11 is 0. The van der Waals surface area contributed by atoms with Gasteiger partial charge in [0.05, 0.1) is 11.3 Å². The van der Waals surface area contributed by atoms with E-state index in [-0.39, 0.29) is 11.3 Å². The molecule has 2 nitrogen and oxygen atoms in total. The molecule has 0 spiro atoms. The van der Waals surface area contributed by atoms with E-state index in [2.05, 4.69) is 16.6 Å². The molecule has 3 rings (SSSR count). The van der Waals surface area contributed by atoms with Crippen molar-refractivity contribution in [1.29, 1.82) is 0 Å². The molecule has 2 aromatic rings. The van der Waals surface area contributed by atoms with Gasteiger partial charge in [0.15, 0.2) is 6.61 Å². The lowest BCUT2D eigenvalue weighted by molar-refractivity contribution is -0.153. The molecule has 29 heavy (non-hydrogen) atoms. The Labute approximate surface area is 166 Å². The lowest BCUT2D eigenvalue weighted by Crippen LogP contribution is -2.21. The van der Waals surface area contributed by atoms with E-state index in [4.69, 9.17) is 0 Å². The second-order valence-corrected chi connectivity index (χ2v) is 6.11.